The van der Waals surface area contributed by atoms with Crippen molar-refractivity contribution in [3.63, 3.8) is 0 Å². The van der Waals surface area contributed by atoms with Crippen LogP contribution >= 0.6 is 66.4 Å². The first kappa shape index (κ1) is 29.3. The summed E-state index contributed by atoms with van der Waals surface area (Å²) in [6, 6.07) is 48.7. The van der Waals surface area contributed by atoms with E-state index >= 15 is 0 Å². The summed E-state index contributed by atoms with van der Waals surface area (Å²) in [5.41, 5.74) is 8.00. The molecule has 0 aliphatic heterocycles. The summed E-state index contributed by atoms with van der Waals surface area (Å²) in [6.07, 6.45) is 0. The third kappa shape index (κ3) is 5.38. The van der Waals surface area contributed by atoms with E-state index in [4.69, 9.17) is 50.5 Å². The van der Waals surface area contributed by atoms with Gasteiger partial charge >= 0.3 is 0 Å². The highest BCUT2D eigenvalue weighted by molar-refractivity contribution is 9.10. The molecule has 0 bridgehead atoms. The van der Waals surface area contributed by atoms with Crippen LogP contribution in [0, 0.1) is 0 Å². The lowest BCUT2D eigenvalue weighted by Crippen LogP contribution is -2.31. The van der Waals surface area contributed by atoms with Crippen LogP contribution < -0.4 is 0 Å². The zero-order chi connectivity index (χ0) is 29.3. The Labute approximate surface area is 278 Å². The van der Waals surface area contributed by atoms with Crippen LogP contribution in [-0.4, -0.2) is 0 Å². The van der Waals surface area contributed by atoms with Gasteiger partial charge in [-0.05, 0) is 93.0 Å². The van der Waals surface area contributed by atoms with Crippen molar-refractivity contribution in [2.24, 2.45) is 0 Å². The van der Waals surface area contributed by atoms with Crippen molar-refractivity contribution >= 4 is 66.4 Å². The van der Waals surface area contributed by atoms with Gasteiger partial charge in [0.05, 0.1) is 5.41 Å². The minimum Gasteiger partial charge on any atom is -0.143 e. The van der Waals surface area contributed by atoms with E-state index in [2.05, 4.69) is 119 Å². The summed E-state index contributed by atoms with van der Waals surface area (Å²) in [5.74, 6) is 0. The summed E-state index contributed by atoms with van der Waals surface area (Å²) in [6.45, 7) is 0. The first-order valence-corrected chi connectivity index (χ1v) is 16.0. The fourth-order valence-electron chi connectivity index (χ4n) is 5.78. The van der Waals surface area contributed by atoms with Gasteiger partial charge in [-0.2, -0.15) is 0 Å². The van der Waals surface area contributed by atoms with Crippen molar-refractivity contribution in [1.82, 2.24) is 0 Å². The molecule has 0 nitrogen and oxygen atoms in total. The van der Waals surface area contributed by atoms with Gasteiger partial charge in [-0.25, -0.2) is 0 Å². The van der Waals surface area contributed by atoms with Crippen molar-refractivity contribution in [3.8, 4) is 22.3 Å². The van der Waals surface area contributed by atoms with Crippen molar-refractivity contribution in [3.05, 3.63) is 166 Å². The van der Waals surface area contributed by atoms with Crippen molar-refractivity contribution in [2.45, 2.75) is 25.0 Å². The fraction of sp³-hybridized carbons (Fsp3) is 0.0270. The zero-order valence-electron chi connectivity index (χ0n) is 22.4. The Morgan fingerprint density at radius 3 is 1.29 bits per heavy atom. The molecule has 5 heteroatoms. The lowest BCUT2D eigenvalue weighted by atomic mass is 9.64. The first-order chi connectivity index (χ1) is 20.4. The third-order valence-corrected chi connectivity index (χ3v) is 9.77. The Balaban J connectivity index is 1.74. The normalized spacial score (nSPS) is 11.5. The maximum atomic E-state index is 4.91. The second kappa shape index (κ2) is 12.4. The molecule has 0 unspecified atom stereocenters. The summed E-state index contributed by atoms with van der Waals surface area (Å²) >= 11 is 23.2. The van der Waals surface area contributed by atoms with Crippen LogP contribution in [0.2, 0.25) is 0 Å². The predicted molar refractivity (Wildman–Crippen MR) is 192 cm³/mol. The number of rotatable bonds is 6. The lowest BCUT2D eigenvalue weighted by molar-refractivity contribution is 0.743. The van der Waals surface area contributed by atoms with Crippen LogP contribution in [0.1, 0.15) is 22.3 Å². The molecule has 6 aromatic rings. The largest absolute Gasteiger partial charge is 0.143 e. The van der Waals surface area contributed by atoms with E-state index in [1.807, 2.05) is 36.4 Å². The molecule has 0 aliphatic carbocycles. The highest BCUT2D eigenvalue weighted by Gasteiger charge is 2.39. The Morgan fingerprint density at radius 1 is 0.357 bits per heavy atom. The highest BCUT2D eigenvalue weighted by atomic mass is 79.9. The number of hydrogen-bond donors (Lipinski definition) is 4. The smallest absolute Gasteiger partial charge is 0.0702 e. The van der Waals surface area contributed by atoms with Gasteiger partial charge < -0.3 is 0 Å². The molecule has 0 fully saturated rings. The molecule has 42 heavy (non-hydrogen) atoms. The zero-order valence-corrected chi connectivity index (χ0v) is 27.6. The summed E-state index contributed by atoms with van der Waals surface area (Å²) < 4.78 is 1.01. The Kier molecular flexibility index (Phi) is 8.67. The van der Waals surface area contributed by atoms with Gasteiger partial charge in [0.25, 0.3) is 0 Å². The monoisotopic (exact) mass is 678 g/mol. The molecule has 206 valence electrons. The molecule has 6 rings (SSSR count). The minimum absolute atomic E-state index is 0.672. The molecule has 0 atom stereocenters. The maximum absolute atomic E-state index is 4.91. The van der Waals surface area contributed by atoms with Crippen molar-refractivity contribution < 1.29 is 0 Å². The topological polar surface area (TPSA) is 0 Å². The van der Waals surface area contributed by atoms with Gasteiger partial charge in [0.1, 0.15) is 0 Å². The molecular weight excluding hydrogens is 653 g/mol. The number of benzene rings is 6. The second-order valence-corrected chi connectivity index (χ2v) is 13.0. The van der Waals surface area contributed by atoms with Gasteiger partial charge in [0.2, 0.25) is 0 Å². The predicted octanol–water partition coefficient (Wildman–Crippen LogP) is 11.3. The second-order valence-electron chi connectivity index (χ2n) is 10.1. The quantitative estimate of drug-likeness (QED) is 0.0978. The number of halogens is 1. The van der Waals surface area contributed by atoms with Crippen molar-refractivity contribution in [1.29, 1.82) is 0 Å². The van der Waals surface area contributed by atoms with E-state index < -0.39 is 5.41 Å². The van der Waals surface area contributed by atoms with E-state index in [1.54, 1.807) is 0 Å². The molecule has 0 radical (unpaired) electrons. The van der Waals surface area contributed by atoms with Crippen LogP contribution in [0.4, 0.5) is 0 Å². The molecule has 0 saturated heterocycles. The van der Waals surface area contributed by atoms with Gasteiger partial charge in [-0.15, -0.1) is 50.5 Å². The van der Waals surface area contributed by atoms with Crippen LogP contribution in [0.5, 0.6) is 0 Å². The van der Waals surface area contributed by atoms with Crippen LogP contribution in [-0.2, 0) is 5.41 Å². The highest BCUT2D eigenvalue weighted by Crippen LogP contribution is 2.49. The van der Waals surface area contributed by atoms with Crippen LogP contribution in [0.15, 0.2) is 164 Å². The van der Waals surface area contributed by atoms with Crippen LogP contribution in [0.3, 0.4) is 0 Å². The van der Waals surface area contributed by atoms with Gasteiger partial charge in [0.15, 0.2) is 0 Å². The maximum Gasteiger partial charge on any atom is 0.0702 e. The number of hydrogen-bond acceptors (Lipinski definition) is 4. The molecule has 6 aromatic carbocycles. The molecule has 0 aliphatic rings. The molecule has 0 amide bonds. The van der Waals surface area contributed by atoms with Gasteiger partial charge in [-0.3, -0.25) is 0 Å². The fourth-order valence-corrected chi connectivity index (χ4v) is 7.26. The summed E-state index contributed by atoms with van der Waals surface area (Å²) in [7, 11) is 0. The van der Waals surface area contributed by atoms with E-state index in [0.29, 0.717) is 0 Å². The van der Waals surface area contributed by atoms with Gasteiger partial charge in [0, 0.05) is 24.1 Å². The molecule has 0 spiro atoms. The molecular formula is C37H27BrS4. The average molecular weight is 680 g/mol. The Hall–Kier alpha value is -2.80. The summed E-state index contributed by atoms with van der Waals surface area (Å²) in [4.78, 5) is 3.60. The molecule has 0 aromatic heterocycles. The third-order valence-electron chi connectivity index (χ3n) is 7.71. The van der Waals surface area contributed by atoms with E-state index in [1.165, 1.54) is 0 Å². The Morgan fingerprint density at radius 2 is 0.786 bits per heavy atom. The lowest BCUT2D eigenvalue weighted by Gasteiger charge is -2.38. The van der Waals surface area contributed by atoms with E-state index in [-0.39, 0.29) is 0 Å². The molecule has 0 N–H and O–H groups in total. The van der Waals surface area contributed by atoms with Gasteiger partial charge in [-0.1, -0.05) is 107 Å². The first-order valence-electron chi connectivity index (χ1n) is 13.4. The van der Waals surface area contributed by atoms with E-state index in [9.17, 15) is 0 Å². The average Bonchev–Trinajstić information content (AvgIpc) is 3.00. The number of thiol groups is 4. The molecule has 0 heterocycles. The van der Waals surface area contributed by atoms with E-state index in [0.717, 1.165) is 68.6 Å². The molecule has 0 saturated carbocycles. The Bertz CT molecular complexity index is 1800. The summed E-state index contributed by atoms with van der Waals surface area (Å²) in [5, 5.41) is 0. The SMILES string of the molecule is Sc1ccccc1-c1cc(C(c2ccccc2)(c2cccc(Br)c2)c2ccc(S)c(-c3ccccc3S)c2)ccc1S. The van der Waals surface area contributed by atoms with Crippen molar-refractivity contribution in [2.75, 3.05) is 0 Å². The standard InChI is InChI=1S/C37H27BrS4/c38-28-12-8-11-25(21-28)37(24-9-2-1-3-10-24,26-17-19-35(41)31(22-26)29-13-4-6-15-33(29)39)27-18-20-36(42)32(23-27)30-14-5-7-16-34(30)40/h1-23,39-42H. The van der Waals surface area contributed by atoms with Crippen LogP contribution in [0.25, 0.3) is 22.3 Å². The minimum atomic E-state index is -0.672.